The van der Waals surface area contributed by atoms with Crippen LogP contribution in [0.2, 0.25) is 0 Å². The lowest BCUT2D eigenvalue weighted by molar-refractivity contribution is 0.103. The zero-order valence-electron chi connectivity index (χ0n) is 8.46. The van der Waals surface area contributed by atoms with Gasteiger partial charge in [0.2, 0.25) is 0 Å². The summed E-state index contributed by atoms with van der Waals surface area (Å²) in [5, 5.41) is 3.37. The van der Waals surface area contributed by atoms with E-state index < -0.39 is 23.0 Å². The van der Waals surface area contributed by atoms with Crippen LogP contribution in [0.1, 0.15) is 21.5 Å². The summed E-state index contributed by atoms with van der Waals surface area (Å²) in [7, 11) is 0. The van der Waals surface area contributed by atoms with Gasteiger partial charge in [0, 0.05) is 10.9 Å². The van der Waals surface area contributed by atoms with Crippen molar-refractivity contribution < 1.29 is 13.6 Å². The van der Waals surface area contributed by atoms with Crippen molar-refractivity contribution >= 4 is 17.1 Å². The summed E-state index contributed by atoms with van der Waals surface area (Å²) in [5.74, 6) is -2.25. The first-order valence-electron chi connectivity index (χ1n) is 4.62. The number of halogens is 2. The second-order valence-electron chi connectivity index (χ2n) is 3.39. The summed E-state index contributed by atoms with van der Waals surface area (Å²) in [6.07, 6.45) is 0. The molecule has 0 aliphatic heterocycles. The third-order valence-corrected chi connectivity index (χ3v) is 3.15. The van der Waals surface area contributed by atoms with Gasteiger partial charge in [-0.05, 0) is 30.0 Å². The topological polar surface area (TPSA) is 17.1 Å². The molecular formula is C12H8F2OS. The van der Waals surface area contributed by atoms with Crippen molar-refractivity contribution in [2.24, 2.45) is 0 Å². The van der Waals surface area contributed by atoms with E-state index in [1.165, 1.54) is 17.4 Å². The van der Waals surface area contributed by atoms with E-state index in [4.69, 9.17) is 0 Å². The van der Waals surface area contributed by atoms with Crippen LogP contribution in [0.15, 0.2) is 29.0 Å². The Kier molecular flexibility index (Phi) is 2.83. The maximum atomic E-state index is 13.4. The number of carbonyl (C=O) groups excluding carboxylic acids is 1. The van der Waals surface area contributed by atoms with Gasteiger partial charge in [-0.15, -0.1) is 0 Å². The minimum absolute atomic E-state index is 0.356. The smallest absolute Gasteiger partial charge is 0.200 e. The van der Waals surface area contributed by atoms with Crippen LogP contribution in [0.5, 0.6) is 0 Å². The fraction of sp³-hybridized carbons (Fsp3) is 0.0833. The van der Waals surface area contributed by atoms with Gasteiger partial charge in [-0.1, -0.05) is 6.07 Å². The largest absolute Gasteiger partial charge is 0.288 e. The first-order chi connectivity index (χ1) is 7.61. The molecule has 0 N–H and O–H groups in total. The van der Waals surface area contributed by atoms with E-state index in [9.17, 15) is 13.6 Å². The Balaban J connectivity index is 2.54. The molecule has 0 bridgehead atoms. The lowest BCUT2D eigenvalue weighted by Gasteiger charge is -2.03. The first-order valence-corrected chi connectivity index (χ1v) is 5.57. The Morgan fingerprint density at radius 2 is 1.81 bits per heavy atom. The molecule has 2 rings (SSSR count). The molecular weight excluding hydrogens is 230 g/mol. The number of hydrogen-bond donors (Lipinski definition) is 0. The minimum atomic E-state index is -0.824. The summed E-state index contributed by atoms with van der Waals surface area (Å²) in [5.41, 5.74) is 0.607. The predicted octanol–water partition coefficient (Wildman–Crippen LogP) is 3.57. The minimum Gasteiger partial charge on any atom is -0.288 e. The SMILES string of the molecule is Cc1cscc1C(=O)c1c(F)cccc1F. The zero-order chi connectivity index (χ0) is 11.7. The number of ketones is 1. The lowest BCUT2D eigenvalue weighted by atomic mass is 10.0. The summed E-state index contributed by atoms with van der Waals surface area (Å²) in [6, 6.07) is 3.40. The second-order valence-corrected chi connectivity index (χ2v) is 4.14. The normalized spacial score (nSPS) is 10.4. The average Bonchev–Trinajstić information content (AvgIpc) is 2.64. The van der Waals surface area contributed by atoms with Crippen LogP contribution >= 0.6 is 11.3 Å². The number of benzene rings is 1. The number of aryl methyl sites for hydroxylation is 1. The third-order valence-electron chi connectivity index (χ3n) is 2.29. The van der Waals surface area contributed by atoms with Crippen molar-refractivity contribution in [1.29, 1.82) is 0 Å². The summed E-state index contributed by atoms with van der Waals surface area (Å²) in [4.78, 5) is 11.9. The van der Waals surface area contributed by atoms with E-state index in [-0.39, 0.29) is 0 Å². The lowest BCUT2D eigenvalue weighted by Crippen LogP contribution is -2.07. The van der Waals surface area contributed by atoms with Crippen LogP contribution in [0.4, 0.5) is 8.78 Å². The molecule has 1 aromatic heterocycles. The van der Waals surface area contributed by atoms with Crippen LogP contribution in [0, 0.1) is 18.6 Å². The van der Waals surface area contributed by atoms with E-state index in [1.807, 2.05) is 0 Å². The zero-order valence-corrected chi connectivity index (χ0v) is 9.28. The Morgan fingerprint density at radius 3 is 2.31 bits per heavy atom. The summed E-state index contributed by atoms with van der Waals surface area (Å²) in [6.45, 7) is 1.74. The molecule has 16 heavy (non-hydrogen) atoms. The van der Waals surface area contributed by atoms with Gasteiger partial charge in [0.15, 0.2) is 5.78 Å². The van der Waals surface area contributed by atoms with E-state index in [2.05, 4.69) is 0 Å². The molecule has 0 fully saturated rings. The van der Waals surface area contributed by atoms with Crippen molar-refractivity contribution in [3.8, 4) is 0 Å². The third kappa shape index (κ3) is 1.76. The first kappa shape index (κ1) is 11.0. The molecule has 0 spiro atoms. The van der Waals surface area contributed by atoms with Gasteiger partial charge in [-0.2, -0.15) is 11.3 Å². The summed E-state index contributed by atoms with van der Waals surface area (Å²) >= 11 is 1.34. The highest BCUT2D eigenvalue weighted by Gasteiger charge is 2.20. The van der Waals surface area contributed by atoms with E-state index in [1.54, 1.807) is 17.7 Å². The molecule has 0 unspecified atom stereocenters. The van der Waals surface area contributed by atoms with Gasteiger partial charge in [-0.3, -0.25) is 4.79 Å². The molecule has 0 amide bonds. The predicted molar refractivity (Wildman–Crippen MR) is 58.8 cm³/mol. The molecule has 1 nitrogen and oxygen atoms in total. The molecule has 0 aliphatic rings. The van der Waals surface area contributed by atoms with Gasteiger partial charge in [-0.25, -0.2) is 8.78 Å². The van der Waals surface area contributed by atoms with Crippen LogP contribution in [-0.4, -0.2) is 5.78 Å². The van der Waals surface area contributed by atoms with Gasteiger partial charge >= 0.3 is 0 Å². The van der Waals surface area contributed by atoms with Crippen molar-refractivity contribution in [3.63, 3.8) is 0 Å². The van der Waals surface area contributed by atoms with Crippen molar-refractivity contribution in [2.75, 3.05) is 0 Å². The number of carbonyl (C=O) groups is 1. The van der Waals surface area contributed by atoms with E-state index in [0.717, 1.165) is 17.7 Å². The Morgan fingerprint density at radius 1 is 1.19 bits per heavy atom. The Labute approximate surface area is 95.4 Å². The fourth-order valence-electron chi connectivity index (χ4n) is 1.44. The van der Waals surface area contributed by atoms with Crippen LogP contribution < -0.4 is 0 Å². The molecule has 1 aromatic carbocycles. The highest BCUT2D eigenvalue weighted by Crippen LogP contribution is 2.21. The van der Waals surface area contributed by atoms with Gasteiger partial charge in [0.25, 0.3) is 0 Å². The Bertz CT molecular complexity index is 525. The molecule has 0 saturated carbocycles. The molecule has 0 aliphatic carbocycles. The van der Waals surface area contributed by atoms with E-state index >= 15 is 0 Å². The maximum absolute atomic E-state index is 13.4. The van der Waals surface area contributed by atoms with Gasteiger partial charge in [0.1, 0.15) is 11.6 Å². The van der Waals surface area contributed by atoms with Gasteiger partial charge < -0.3 is 0 Å². The number of thiophene rings is 1. The average molecular weight is 238 g/mol. The second kappa shape index (κ2) is 4.14. The van der Waals surface area contributed by atoms with E-state index in [0.29, 0.717) is 5.56 Å². The van der Waals surface area contributed by atoms with Crippen molar-refractivity contribution in [2.45, 2.75) is 6.92 Å². The summed E-state index contributed by atoms with van der Waals surface area (Å²) < 4.78 is 26.7. The Hall–Kier alpha value is -1.55. The molecule has 1 heterocycles. The molecule has 0 saturated heterocycles. The van der Waals surface area contributed by atoms with Gasteiger partial charge in [0.05, 0.1) is 5.56 Å². The standard InChI is InChI=1S/C12H8F2OS/c1-7-5-16-6-8(7)12(15)11-9(13)3-2-4-10(11)14/h2-6H,1H3. The van der Waals surface area contributed by atoms with Crippen molar-refractivity contribution in [1.82, 2.24) is 0 Å². The number of hydrogen-bond acceptors (Lipinski definition) is 2. The molecule has 0 radical (unpaired) electrons. The fourth-order valence-corrected chi connectivity index (χ4v) is 2.27. The molecule has 2 aromatic rings. The molecule has 82 valence electrons. The monoisotopic (exact) mass is 238 g/mol. The highest BCUT2D eigenvalue weighted by atomic mass is 32.1. The van der Waals surface area contributed by atoms with Crippen LogP contribution in [0.3, 0.4) is 0 Å². The van der Waals surface area contributed by atoms with Crippen LogP contribution in [0.25, 0.3) is 0 Å². The van der Waals surface area contributed by atoms with Crippen molar-refractivity contribution in [3.05, 3.63) is 57.3 Å². The maximum Gasteiger partial charge on any atom is 0.200 e. The number of rotatable bonds is 2. The molecule has 4 heteroatoms. The quantitative estimate of drug-likeness (QED) is 0.731. The van der Waals surface area contributed by atoms with Crippen LogP contribution in [-0.2, 0) is 0 Å². The highest BCUT2D eigenvalue weighted by molar-refractivity contribution is 7.08. The molecule has 0 atom stereocenters.